The van der Waals surface area contributed by atoms with E-state index in [0.717, 1.165) is 22.6 Å². The van der Waals surface area contributed by atoms with Crippen molar-refractivity contribution in [1.82, 2.24) is 14.5 Å². The Labute approximate surface area is 127 Å². The van der Waals surface area contributed by atoms with Crippen molar-refractivity contribution < 1.29 is 4.39 Å². The van der Waals surface area contributed by atoms with Gasteiger partial charge in [-0.25, -0.2) is 14.4 Å². The highest BCUT2D eigenvalue weighted by Crippen LogP contribution is 2.20. The lowest BCUT2D eigenvalue weighted by molar-refractivity contribution is 0.597. The van der Waals surface area contributed by atoms with Gasteiger partial charge in [0.05, 0.1) is 6.54 Å². The Bertz CT molecular complexity index is 782. The van der Waals surface area contributed by atoms with Crippen LogP contribution in [0.15, 0.2) is 36.5 Å². The predicted octanol–water partition coefficient (Wildman–Crippen LogP) is 3.71. The van der Waals surface area contributed by atoms with E-state index in [9.17, 15) is 4.39 Å². The number of benzene rings is 1. The molecule has 3 aromatic rings. The summed E-state index contributed by atoms with van der Waals surface area (Å²) >= 11 is 5.86. The molecule has 0 saturated carbocycles. The summed E-state index contributed by atoms with van der Waals surface area (Å²) in [6.07, 6.45) is 2.38. The Morgan fingerprint density at radius 1 is 1.24 bits per heavy atom. The molecular weight excluding hydrogens is 289 g/mol. The van der Waals surface area contributed by atoms with Gasteiger partial charge < -0.3 is 4.57 Å². The number of fused-ring (bicyclic) bond motifs is 1. The minimum atomic E-state index is -0.219. The zero-order chi connectivity index (χ0) is 14.8. The number of rotatable bonds is 4. The van der Waals surface area contributed by atoms with Gasteiger partial charge in [-0.1, -0.05) is 18.2 Å². The molecule has 21 heavy (non-hydrogen) atoms. The average molecular weight is 304 g/mol. The number of alkyl halides is 1. The maximum Gasteiger partial charge on any atom is 0.160 e. The summed E-state index contributed by atoms with van der Waals surface area (Å²) in [6, 6.07) is 8.69. The van der Waals surface area contributed by atoms with E-state index >= 15 is 0 Å². The van der Waals surface area contributed by atoms with Crippen LogP contribution in [0.5, 0.6) is 0 Å². The number of hydrogen-bond acceptors (Lipinski definition) is 2. The maximum absolute atomic E-state index is 13.9. The molecule has 0 aliphatic rings. The van der Waals surface area contributed by atoms with E-state index in [0.29, 0.717) is 24.4 Å². The molecule has 3 rings (SSSR count). The number of pyridine rings is 1. The molecule has 0 bridgehead atoms. The fourth-order valence-corrected chi connectivity index (χ4v) is 2.59. The molecule has 3 nitrogen and oxygen atoms in total. The molecule has 0 radical (unpaired) electrons. The molecule has 0 atom stereocenters. The van der Waals surface area contributed by atoms with Crippen LogP contribution in [0.3, 0.4) is 0 Å². The summed E-state index contributed by atoms with van der Waals surface area (Å²) in [5.74, 6) is 1.09. The minimum Gasteiger partial charge on any atom is -0.308 e. The fourth-order valence-electron chi connectivity index (χ4n) is 2.42. The maximum atomic E-state index is 13.9. The van der Waals surface area contributed by atoms with E-state index in [1.54, 1.807) is 18.3 Å². The third-order valence-corrected chi connectivity index (χ3v) is 3.71. The predicted molar refractivity (Wildman–Crippen MR) is 82.2 cm³/mol. The first-order chi connectivity index (χ1) is 10.2. The molecule has 0 saturated heterocycles. The lowest BCUT2D eigenvalue weighted by Gasteiger charge is -2.09. The van der Waals surface area contributed by atoms with Crippen LogP contribution in [0.25, 0.3) is 11.2 Å². The molecule has 0 fully saturated rings. The highest BCUT2D eigenvalue weighted by molar-refractivity contribution is 6.17. The van der Waals surface area contributed by atoms with Crippen LogP contribution in [0.2, 0.25) is 0 Å². The fraction of sp³-hybridized carbons (Fsp3) is 0.250. The number of aromatic nitrogens is 3. The van der Waals surface area contributed by atoms with Gasteiger partial charge in [-0.3, -0.25) is 0 Å². The van der Waals surface area contributed by atoms with Crippen molar-refractivity contribution in [2.45, 2.75) is 19.9 Å². The SMILES string of the molecule is Cc1ccnc2c1nc(CCCl)n2Cc1ccccc1F. The first-order valence-electron chi connectivity index (χ1n) is 6.81. The van der Waals surface area contributed by atoms with Crippen molar-refractivity contribution in [3.05, 3.63) is 59.3 Å². The van der Waals surface area contributed by atoms with Crippen molar-refractivity contribution in [2.75, 3.05) is 5.88 Å². The smallest absolute Gasteiger partial charge is 0.160 e. The van der Waals surface area contributed by atoms with Crippen LogP contribution in [0.1, 0.15) is 17.0 Å². The zero-order valence-electron chi connectivity index (χ0n) is 11.7. The normalized spacial score (nSPS) is 11.2. The Hall–Kier alpha value is -1.94. The molecule has 1 aromatic carbocycles. The molecular formula is C16H15ClFN3. The molecule has 0 N–H and O–H groups in total. The van der Waals surface area contributed by atoms with Gasteiger partial charge >= 0.3 is 0 Å². The van der Waals surface area contributed by atoms with Crippen molar-refractivity contribution >= 4 is 22.8 Å². The van der Waals surface area contributed by atoms with Crippen molar-refractivity contribution in [1.29, 1.82) is 0 Å². The number of imidazole rings is 1. The Morgan fingerprint density at radius 2 is 2.05 bits per heavy atom. The Balaban J connectivity index is 2.13. The Kier molecular flexibility index (Phi) is 3.88. The van der Waals surface area contributed by atoms with E-state index in [1.165, 1.54) is 6.07 Å². The van der Waals surface area contributed by atoms with Crippen LogP contribution in [-0.2, 0) is 13.0 Å². The summed E-state index contributed by atoms with van der Waals surface area (Å²) < 4.78 is 15.8. The van der Waals surface area contributed by atoms with Crippen LogP contribution < -0.4 is 0 Å². The molecule has 2 aromatic heterocycles. The summed E-state index contributed by atoms with van der Waals surface area (Å²) in [5, 5.41) is 0. The number of halogens is 2. The first kappa shape index (κ1) is 14.0. The van der Waals surface area contributed by atoms with Crippen molar-refractivity contribution in [3.8, 4) is 0 Å². The molecule has 0 aliphatic heterocycles. The lowest BCUT2D eigenvalue weighted by atomic mass is 10.2. The van der Waals surface area contributed by atoms with Gasteiger partial charge in [0.1, 0.15) is 17.2 Å². The van der Waals surface area contributed by atoms with Gasteiger partial charge in [0.2, 0.25) is 0 Å². The van der Waals surface area contributed by atoms with Crippen molar-refractivity contribution in [3.63, 3.8) is 0 Å². The molecule has 108 valence electrons. The van der Waals surface area contributed by atoms with Gasteiger partial charge in [0.25, 0.3) is 0 Å². The van der Waals surface area contributed by atoms with E-state index < -0.39 is 0 Å². The molecule has 0 amide bonds. The van der Waals surface area contributed by atoms with E-state index in [-0.39, 0.29) is 5.82 Å². The average Bonchev–Trinajstić information content (AvgIpc) is 2.82. The summed E-state index contributed by atoms with van der Waals surface area (Å²) in [6.45, 7) is 2.40. The summed E-state index contributed by atoms with van der Waals surface area (Å²) in [7, 11) is 0. The second kappa shape index (κ2) is 5.82. The lowest BCUT2D eigenvalue weighted by Crippen LogP contribution is -2.08. The summed E-state index contributed by atoms with van der Waals surface area (Å²) in [4.78, 5) is 9.03. The van der Waals surface area contributed by atoms with Gasteiger partial charge in [0.15, 0.2) is 5.65 Å². The van der Waals surface area contributed by atoms with E-state index in [4.69, 9.17) is 11.6 Å². The van der Waals surface area contributed by atoms with Crippen molar-refractivity contribution in [2.24, 2.45) is 0 Å². The first-order valence-corrected chi connectivity index (χ1v) is 7.34. The monoisotopic (exact) mass is 303 g/mol. The third kappa shape index (κ3) is 2.63. The highest BCUT2D eigenvalue weighted by Gasteiger charge is 2.14. The number of nitrogens with zero attached hydrogens (tertiary/aromatic N) is 3. The van der Waals surface area contributed by atoms with Gasteiger partial charge in [0, 0.05) is 24.1 Å². The summed E-state index contributed by atoms with van der Waals surface area (Å²) in [5.41, 5.74) is 3.31. The van der Waals surface area contributed by atoms with Gasteiger partial charge in [-0.2, -0.15) is 0 Å². The largest absolute Gasteiger partial charge is 0.308 e. The van der Waals surface area contributed by atoms with E-state index in [2.05, 4.69) is 9.97 Å². The molecule has 2 heterocycles. The molecule has 5 heteroatoms. The molecule has 0 unspecified atom stereocenters. The highest BCUT2D eigenvalue weighted by atomic mass is 35.5. The van der Waals surface area contributed by atoms with Crippen LogP contribution >= 0.6 is 11.6 Å². The second-order valence-electron chi connectivity index (χ2n) is 4.94. The number of aryl methyl sites for hydroxylation is 2. The molecule has 0 aliphatic carbocycles. The van der Waals surface area contributed by atoms with Crippen LogP contribution in [0, 0.1) is 12.7 Å². The van der Waals surface area contributed by atoms with Gasteiger partial charge in [-0.05, 0) is 24.6 Å². The van der Waals surface area contributed by atoms with Crippen LogP contribution in [0.4, 0.5) is 4.39 Å². The van der Waals surface area contributed by atoms with Gasteiger partial charge in [-0.15, -0.1) is 11.6 Å². The third-order valence-electron chi connectivity index (χ3n) is 3.52. The topological polar surface area (TPSA) is 30.7 Å². The molecule has 0 spiro atoms. The van der Waals surface area contributed by atoms with E-state index in [1.807, 2.05) is 23.6 Å². The second-order valence-corrected chi connectivity index (χ2v) is 5.32. The minimum absolute atomic E-state index is 0.219. The zero-order valence-corrected chi connectivity index (χ0v) is 12.4. The van der Waals surface area contributed by atoms with Crippen LogP contribution in [-0.4, -0.2) is 20.4 Å². The number of hydrogen-bond donors (Lipinski definition) is 0. The quantitative estimate of drug-likeness (QED) is 0.688. The standard InChI is InChI=1S/C16H15ClFN3/c1-11-7-9-19-16-15(11)20-14(6-8-17)21(16)10-12-4-2-3-5-13(12)18/h2-5,7,9H,6,8,10H2,1H3. The Morgan fingerprint density at radius 3 is 2.81 bits per heavy atom.